The van der Waals surface area contributed by atoms with E-state index in [1.807, 2.05) is 20.8 Å². The van der Waals surface area contributed by atoms with Gasteiger partial charge < -0.3 is 10.2 Å². The van der Waals surface area contributed by atoms with Gasteiger partial charge in [0.1, 0.15) is 6.17 Å². The Bertz CT molecular complexity index is 865. The van der Waals surface area contributed by atoms with E-state index in [1.165, 1.54) is 6.08 Å². The lowest BCUT2D eigenvalue weighted by Gasteiger charge is -2.59. The molecule has 29 heavy (non-hydrogen) atoms. The van der Waals surface area contributed by atoms with Gasteiger partial charge in [-0.05, 0) is 54.1 Å². The minimum atomic E-state index is -1.45. The molecule has 0 unspecified atom stereocenters. The number of carbonyl (C=O) groups is 3. The van der Waals surface area contributed by atoms with Crippen molar-refractivity contribution in [3.63, 3.8) is 0 Å². The average molecular weight is 425 g/mol. The highest BCUT2D eigenvalue weighted by Crippen LogP contribution is 2.67. The summed E-state index contributed by atoms with van der Waals surface area (Å²) in [6, 6.07) is 0. The SMILES string of the molecule is C[C@@H]1C[C@H]2[C@@H]3C[C@@H](F)C4=CC(=O)C(Cl)=C[C@]4(C)[C@H]3[C@@H](O)C[C@]2(C)[C@H]1C(=O)C(=O)O. The molecule has 0 bridgehead atoms. The zero-order valence-corrected chi connectivity index (χ0v) is 17.4. The van der Waals surface area contributed by atoms with Crippen LogP contribution in [0.25, 0.3) is 0 Å². The van der Waals surface area contributed by atoms with Gasteiger partial charge in [-0.1, -0.05) is 38.4 Å². The highest BCUT2D eigenvalue weighted by molar-refractivity contribution is 6.44. The largest absolute Gasteiger partial charge is 0.475 e. The number of aliphatic hydroxyl groups excluding tert-OH is 1. The standard InChI is InChI=1S/C22H26ClFO5/c1-9-4-11-10-5-14(24)12-6-15(25)13(23)7-21(12,2)18(10)16(26)8-22(11,3)17(9)19(27)20(28)29/h6-7,9-11,14,16-18,26H,4-5,8H2,1-3H3,(H,28,29)/t9-,10+,11+,14-,16+,17-,18-,21+,22+/m1/s1. The molecule has 158 valence electrons. The van der Waals surface area contributed by atoms with Crippen molar-refractivity contribution in [1.29, 1.82) is 0 Å². The zero-order valence-electron chi connectivity index (χ0n) is 16.7. The van der Waals surface area contributed by atoms with Gasteiger partial charge in [-0.3, -0.25) is 9.59 Å². The second-order valence-electron chi connectivity index (χ2n) is 9.88. The van der Waals surface area contributed by atoms with Gasteiger partial charge in [0.25, 0.3) is 0 Å². The molecular weight excluding hydrogens is 399 g/mol. The number of Topliss-reactive ketones (excluding diaryl/α,β-unsaturated/α-hetero) is 1. The Labute approximate surface area is 174 Å². The molecule has 3 saturated carbocycles. The molecule has 0 aromatic carbocycles. The Morgan fingerprint density at radius 1 is 1.28 bits per heavy atom. The number of hydrogen-bond acceptors (Lipinski definition) is 4. The van der Waals surface area contributed by atoms with E-state index in [0.29, 0.717) is 12.0 Å². The monoisotopic (exact) mass is 424 g/mol. The van der Waals surface area contributed by atoms with Crippen molar-refractivity contribution in [2.75, 3.05) is 0 Å². The molecule has 0 radical (unpaired) electrons. The van der Waals surface area contributed by atoms with E-state index in [-0.39, 0.29) is 41.5 Å². The van der Waals surface area contributed by atoms with Crippen LogP contribution in [-0.4, -0.2) is 40.0 Å². The smallest absolute Gasteiger partial charge is 0.372 e. The van der Waals surface area contributed by atoms with Crippen LogP contribution in [0.1, 0.15) is 40.0 Å². The molecule has 0 heterocycles. The lowest BCUT2D eigenvalue weighted by molar-refractivity contribution is -0.159. The number of alkyl halides is 1. The van der Waals surface area contributed by atoms with Crippen LogP contribution in [0.4, 0.5) is 4.39 Å². The maximum Gasteiger partial charge on any atom is 0.372 e. The first-order valence-corrected chi connectivity index (χ1v) is 10.5. The molecule has 2 N–H and O–H groups in total. The number of carbonyl (C=O) groups excluding carboxylic acids is 2. The van der Waals surface area contributed by atoms with Crippen LogP contribution in [0.15, 0.2) is 22.8 Å². The summed E-state index contributed by atoms with van der Waals surface area (Å²) < 4.78 is 15.3. The van der Waals surface area contributed by atoms with E-state index in [9.17, 15) is 24.6 Å². The van der Waals surface area contributed by atoms with Crippen LogP contribution in [0, 0.1) is 40.4 Å². The van der Waals surface area contributed by atoms with E-state index >= 15 is 4.39 Å². The first-order chi connectivity index (χ1) is 13.4. The van der Waals surface area contributed by atoms with Crippen molar-refractivity contribution in [2.24, 2.45) is 40.4 Å². The molecule has 3 fully saturated rings. The van der Waals surface area contributed by atoms with E-state index < -0.39 is 46.6 Å². The number of aliphatic hydroxyl groups is 1. The number of ketones is 2. The molecule has 4 rings (SSSR count). The number of carboxylic acid groups (broad SMARTS) is 1. The Balaban J connectivity index is 1.79. The molecule has 0 amide bonds. The maximum absolute atomic E-state index is 15.3. The van der Waals surface area contributed by atoms with Crippen LogP contribution in [-0.2, 0) is 14.4 Å². The minimum Gasteiger partial charge on any atom is -0.475 e. The Kier molecular flexibility index (Phi) is 4.63. The fourth-order valence-corrected chi connectivity index (χ4v) is 7.74. The number of hydrogen-bond donors (Lipinski definition) is 2. The van der Waals surface area contributed by atoms with Crippen molar-refractivity contribution >= 4 is 29.1 Å². The minimum absolute atomic E-state index is 0.0309. The van der Waals surface area contributed by atoms with Crippen LogP contribution in [0.3, 0.4) is 0 Å². The second-order valence-corrected chi connectivity index (χ2v) is 10.3. The Hall–Kier alpha value is -1.53. The van der Waals surface area contributed by atoms with Gasteiger partial charge in [0.05, 0.1) is 11.1 Å². The fraction of sp³-hybridized carbons (Fsp3) is 0.682. The third-order valence-electron chi connectivity index (χ3n) is 8.37. The first kappa shape index (κ1) is 20.7. The fourth-order valence-electron chi connectivity index (χ4n) is 7.45. The molecule has 0 aliphatic heterocycles. The van der Waals surface area contributed by atoms with Gasteiger partial charge in [0, 0.05) is 17.3 Å². The van der Waals surface area contributed by atoms with E-state index in [0.717, 1.165) is 0 Å². The summed E-state index contributed by atoms with van der Waals surface area (Å²) in [5.74, 6) is -4.21. The van der Waals surface area contributed by atoms with Gasteiger partial charge in [0.2, 0.25) is 5.78 Å². The molecule has 0 aromatic rings. The Morgan fingerprint density at radius 2 is 1.93 bits per heavy atom. The third kappa shape index (κ3) is 2.71. The summed E-state index contributed by atoms with van der Waals surface area (Å²) >= 11 is 6.12. The number of halogens is 2. The average Bonchev–Trinajstić information content (AvgIpc) is 2.86. The van der Waals surface area contributed by atoms with Crippen molar-refractivity contribution in [2.45, 2.75) is 52.3 Å². The quantitative estimate of drug-likeness (QED) is 0.663. The summed E-state index contributed by atoms with van der Waals surface area (Å²) in [6.07, 6.45) is 1.70. The molecule has 7 heteroatoms. The molecule has 0 spiro atoms. The van der Waals surface area contributed by atoms with Crippen molar-refractivity contribution in [3.8, 4) is 0 Å². The zero-order chi connectivity index (χ0) is 21.5. The van der Waals surface area contributed by atoms with Crippen LogP contribution < -0.4 is 0 Å². The molecule has 4 aliphatic carbocycles. The van der Waals surface area contributed by atoms with Crippen molar-refractivity contribution in [1.82, 2.24) is 0 Å². The Morgan fingerprint density at radius 3 is 2.55 bits per heavy atom. The first-order valence-electron chi connectivity index (χ1n) is 10.2. The van der Waals surface area contributed by atoms with Crippen LogP contribution in [0.5, 0.6) is 0 Å². The number of carboxylic acids is 1. The highest BCUT2D eigenvalue weighted by atomic mass is 35.5. The van der Waals surface area contributed by atoms with E-state index in [2.05, 4.69) is 0 Å². The van der Waals surface area contributed by atoms with Gasteiger partial charge in [-0.25, -0.2) is 9.18 Å². The van der Waals surface area contributed by atoms with Gasteiger partial charge in [-0.15, -0.1) is 0 Å². The number of aliphatic carboxylic acids is 1. The highest BCUT2D eigenvalue weighted by Gasteiger charge is 2.66. The van der Waals surface area contributed by atoms with Gasteiger partial charge >= 0.3 is 5.97 Å². The van der Waals surface area contributed by atoms with Crippen LogP contribution in [0.2, 0.25) is 0 Å². The second kappa shape index (κ2) is 6.48. The topological polar surface area (TPSA) is 91.7 Å². The predicted octanol–water partition coefficient (Wildman–Crippen LogP) is 3.30. The summed E-state index contributed by atoms with van der Waals surface area (Å²) in [5.41, 5.74) is -1.23. The molecule has 0 saturated heterocycles. The summed E-state index contributed by atoms with van der Waals surface area (Å²) in [7, 11) is 0. The number of fused-ring (bicyclic) bond motifs is 5. The van der Waals surface area contributed by atoms with Crippen LogP contribution >= 0.6 is 11.6 Å². The number of allylic oxidation sites excluding steroid dienone is 4. The predicted molar refractivity (Wildman–Crippen MR) is 104 cm³/mol. The molecule has 0 aromatic heterocycles. The van der Waals surface area contributed by atoms with Gasteiger partial charge in [-0.2, -0.15) is 0 Å². The molecule has 4 aliphatic rings. The lowest BCUT2D eigenvalue weighted by Crippen LogP contribution is -2.58. The third-order valence-corrected chi connectivity index (χ3v) is 8.66. The number of rotatable bonds is 2. The normalized spacial score (nSPS) is 48.8. The molecular formula is C22H26ClFO5. The van der Waals surface area contributed by atoms with E-state index in [1.54, 1.807) is 6.08 Å². The summed E-state index contributed by atoms with van der Waals surface area (Å²) in [5, 5.41) is 20.6. The van der Waals surface area contributed by atoms with Crippen molar-refractivity contribution in [3.05, 3.63) is 22.8 Å². The van der Waals surface area contributed by atoms with E-state index in [4.69, 9.17) is 11.6 Å². The summed E-state index contributed by atoms with van der Waals surface area (Å²) in [6.45, 7) is 5.57. The molecule has 9 atom stereocenters. The van der Waals surface area contributed by atoms with Crippen molar-refractivity contribution < 1.29 is 29.0 Å². The van der Waals surface area contributed by atoms with Gasteiger partial charge in [0.15, 0.2) is 5.78 Å². The lowest BCUT2D eigenvalue weighted by atomic mass is 9.46. The maximum atomic E-state index is 15.3. The summed E-state index contributed by atoms with van der Waals surface area (Å²) in [4.78, 5) is 36.0. The molecule has 5 nitrogen and oxygen atoms in total.